The Kier molecular flexibility index (Phi) is 6.62. The lowest BCUT2D eigenvalue weighted by molar-refractivity contribution is -0.137. The third-order valence-corrected chi connectivity index (χ3v) is 3.28. The van der Waals surface area contributed by atoms with Crippen molar-refractivity contribution in [1.82, 2.24) is 10.2 Å². The number of likely N-dealkylation sites (tertiary alicyclic amines) is 1. The van der Waals surface area contributed by atoms with Gasteiger partial charge in [0.05, 0.1) is 12.6 Å². The highest BCUT2D eigenvalue weighted by atomic mass is 16.5. The molecule has 1 aliphatic rings. The van der Waals surface area contributed by atoms with Crippen LogP contribution in [0.25, 0.3) is 0 Å². The fourth-order valence-corrected chi connectivity index (χ4v) is 2.22. The summed E-state index contributed by atoms with van der Waals surface area (Å²) in [6.07, 6.45) is 1.72. The molecule has 0 radical (unpaired) electrons. The molecule has 110 valence electrons. The summed E-state index contributed by atoms with van der Waals surface area (Å²) in [7, 11) is 0. The summed E-state index contributed by atoms with van der Waals surface area (Å²) in [5.41, 5.74) is 0. The van der Waals surface area contributed by atoms with Crippen LogP contribution in [0.2, 0.25) is 0 Å². The van der Waals surface area contributed by atoms with Gasteiger partial charge in [-0.3, -0.25) is 4.79 Å². The quantitative estimate of drug-likeness (QED) is 0.732. The van der Waals surface area contributed by atoms with Crippen molar-refractivity contribution in [3.05, 3.63) is 0 Å². The normalized spacial score (nSPS) is 20.3. The summed E-state index contributed by atoms with van der Waals surface area (Å²) in [5.74, 6) is -0.461. The first kappa shape index (κ1) is 15.8. The van der Waals surface area contributed by atoms with Gasteiger partial charge in [0.2, 0.25) is 0 Å². The molecule has 2 amide bonds. The van der Waals surface area contributed by atoms with Crippen molar-refractivity contribution < 1.29 is 19.4 Å². The van der Waals surface area contributed by atoms with Gasteiger partial charge in [0.25, 0.3) is 0 Å². The van der Waals surface area contributed by atoms with E-state index < -0.39 is 5.97 Å². The molecule has 0 aromatic carbocycles. The molecule has 0 bridgehead atoms. The van der Waals surface area contributed by atoms with Gasteiger partial charge in [0.1, 0.15) is 0 Å². The molecule has 6 nitrogen and oxygen atoms in total. The average Bonchev–Trinajstić information content (AvgIpc) is 2.82. The van der Waals surface area contributed by atoms with Crippen LogP contribution in [0.4, 0.5) is 4.79 Å². The number of carboxylic acid groups (broad SMARTS) is 1. The first-order valence-corrected chi connectivity index (χ1v) is 6.87. The minimum Gasteiger partial charge on any atom is -0.481 e. The first-order chi connectivity index (χ1) is 9.02. The number of ether oxygens (including phenoxy) is 1. The Labute approximate surface area is 114 Å². The molecule has 2 atom stereocenters. The summed E-state index contributed by atoms with van der Waals surface area (Å²) in [4.78, 5) is 24.2. The number of urea groups is 1. The highest BCUT2D eigenvalue weighted by Crippen LogP contribution is 2.20. The zero-order chi connectivity index (χ0) is 14.3. The van der Waals surface area contributed by atoms with Gasteiger partial charge in [-0.1, -0.05) is 0 Å². The molecule has 2 unspecified atom stereocenters. The Morgan fingerprint density at radius 1 is 1.53 bits per heavy atom. The SMILES string of the molecule is CCOCC(C)NC(=O)N1CCC(CCC(=O)O)C1. The second-order valence-electron chi connectivity index (χ2n) is 5.04. The lowest BCUT2D eigenvalue weighted by atomic mass is 10.0. The van der Waals surface area contributed by atoms with Crippen LogP contribution in [0.15, 0.2) is 0 Å². The van der Waals surface area contributed by atoms with Crippen molar-refractivity contribution in [3.63, 3.8) is 0 Å². The van der Waals surface area contributed by atoms with Gasteiger partial charge in [0.15, 0.2) is 0 Å². The summed E-state index contributed by atoms with van der Waals surface area (Å²) in [6.45, 7) is 6.34. The minimum atomic E-state index is -0.770. The van der Waals surface area contributed by atoms with E-state index in [0.29, 0.717) is 38.6 Å². The van der Waals surface area contributed by atoms with Gasteiger partial charge in [-0.15, -0.1) is 0 Å². The zero-order valence-electron chi connectivity index (χ0n) is 11.7. The molecule has 1 saturated heterocycles. The summed E-state index contributed by atoms with van der Waals surface area (Å²) in [6, 6.07) is -0.0875. The number of hydrogen-bond donors (Lipinski definition) is 2. The fourth-order valence-electron chi connectivity index (χ4n) is 2.22. The van der Waals surface area contributed by atoms with Crippen molar-refractivity contribution in [3.8, 4) is 0 Å². The Morgan fingerprint density at radius 2 is 2.26 bits per heavy atom. The second-order valence-corrected chi connectivity index (χ2v) is 5.04. The molecule has 0 aliphatic carbocycles. The Bertz CT molecular complexity index is 309. The van der Waals surface area contributed by atoms with Gasteiger partial charge in [-0.2, -0.15) is 0 Å². The van der Waals surface area contributed by atoms with E-state index in [1.807, 2.05) is 13.8 Å². The maximum absolute atomic E-state index is 11.9. The van der Waals surface area contributed by atoms with Gasteiger partial charge in [-0.05, 0) is 32.6 Å². The van der Waals surface area contributed by atoms with E-state index in [1.54, 1.807) is 4.90 Å². The fraction of sp³-hybridized carbons (Fsp3) is 0.846. The number of carbonyl (C=O) groups is 2. The predicted molar refractivity (Wildman–Crippen MR) is 71.0 cm³/mol. The molecule has 1 heterocycles. The van der Waals surface area contributed by atoms with E-state index in [0.717, 1.165) is 6.42 Å². The van der Waals surface area contributed by atoms with Gasteiger partial charge >= 0.3 is 12.0 Å². The lowest BCUT2D eigenvalue weighted by Gasteiger charge is -2.21. The number of nitrogens with one attached hydrogen (secondary N) is 1. The van der Waals surface area contributed by atoms with E-state index >= 15 is 0 Å². The predicted octanol–water partition coefficient (Wildman–Crippen LogP) is 1.31. The number of carboxylic acids is 1. The largest absolute Gasteiger partial charge is 0.481 e. The van der Waals surface area contributed by atoms with Crippen LogP contribution in [0.1, 0.15) is 33.1 Å². The molecule has 1 rings (SSSR count). The Balaban J connectivity index is 2.25. The molecule has 19 heavy (non-hydrogen) atoms. The summed E-state index contributed by atoms with van der Waals surface area (Å²) >= 11 is 0. The number of amides is 2. The van der Waals surface area contributed by atoms with E-state index in [-0.39, 0.29) is 18.5 Å². The Hall–Kier alpha value is -1.30. The van der Waals surface area contributed by atoms with Crippen LogP contribution in [-0.2, 0) is 9.53 Å². The summed E-state index contributed by atoms with van der Waals surface area (Å²) < 4.78 is 5.25. The molecule has 0 aromatic heterocycles. The van der Waals surface area contributed by atoms with Crippen LogP contribution >= 0.6 is 0 Å². The zero-order valence-corrected chi connectivity index (χ0v) is 11.7. The molecule has 1 fully saturated rings. The number of rotatable bonds is 7. The smallest absolute Gasteiger partial charge is 0.317 e. The topological polar surface area (TPSA) is 78.9 Å². The molecular weight excluding hydrogens is 248 g/mol. The van der Waals surface area contributed by atoms with E-state index in [4.69, 9.17) is 9.84 Å². The maximum atomic E-state index is 11.9. The first-order valence-electron chi connectivity index (χ1n) is 6.87. The minimum absolute atomic E-state index is 0.00878. The molecule has 2 N–H and O–H groups in total. The van der Waals surface area contributed by atoms with Crippen LogP contribution < -0.4 is 5.32 Å². The number of nitrogens with zero attached hydrogens (tertiary/aromatic N) is 1. The lowest BCUT2D eigenvalue weighted by Crippen LogP contribution is -2.44. The summed E-state index contributed by atoms with van der Waals surface area (Å²) in [5, 5.41) is 11.5. The number of hydrogen-bond acceptors (Lipinski definition) is 3. The molecule has 6 heteroatoms. The van der Waals surface area contributed by atoms with Crippen LogP contribution in [0, 0.1) is 5.92 Å². The van der Waals surface area contributed by atoms with Crippen molar-refractivity contribution in [2.75, 3.05) is 26.3 Å². The molecule has 0 spiro atoms. The molecule has 0 saturated carbocycles. The van der Waals surface area contributed by atoms with Gasteiger partial charge in [-0.25, -0.2) is 4.79 Å². The molecular formula is C13H24N2O4. The van der Waals surface area contributed by atoms with E-state index in [9.17, 15) is 9.59 Å². The van der Waals surface area contributed by atoms with Crippen molar-refractivity contribution >= 4 is 12.0 Å². The standard InChI is InChI=1S/C13H24N2O4/c1-3-19-9-10(2)14-13(18)15-7-6-11(8-15)4-5-12(16)17/h10-11H,3-9H2,1-2H3,(H,14,18)(H,16,17). The average molecular weight is 272 g/mol. The second kappa shape index (κ2) is 7.99. The van der Waals surface area contributed by atoms with Crippen molar-refractivity contribution in [2.24, 2.45) is 5.92 Å². The highest BCUT2D eigenvalue weighted by molar-refractivity contribution is 5.74. The molecule has 0 aromatic rings. The van der Waals surface area contributed by atoms with Crippen molar-refractivity contribution in [2.45, 2.75) is 39.2 Å². The van der Waals surface area contributed by atoms with E-state index in [1.165, 1.54) is 0 Å². The number of aliphatic carboxylic acids is 1. The molecule has 1 aliphatic heterocycles. The van der Waals surface area contributed by atoms with Crippen LogP contribution in [0.3, 0.4) is 0 Å². The maximum Gasteiger partial charge on any atom is 0.317 e. The Morgan fingerprint density at radius 3 is 2.89 bits per heavy atom. The van der Waals surface area contributed by atoms with Crippen LogP contribution in [-0.4, -0.2) is 54.4 Å². The highest BCUT2D eigenvalue weighted by Gasteiger charge is 2.26. The monoisotopic (exact) mass is 272 g/mol. The third kappa shape index (κ3) is 5.92. The van der Waals surface area contributed by atoms with E-state index in [2.05, 4.69) is 5.32 Å². The number of carbonyl (C=O) groups excluding carboxylic acids is 1. The van der Waals surface area contributed by atoms with Crippen LogP contribution in [0.5, 0.6) is 0 Å². The van der Waals surface area contributed by atoms with Gasteiger partial charge in [0, 0.05) is 26.1 Å². The third-order valence-electron chi connectivity index (χ3n) is 3.28. The van der Waals surface area contributed by atoms with Gasteiger partial charge < -0.3 is 20.1 Å². The van der Waals surface area contributed by atoms with Crippen molar-refractivity contribution in [1.29, 1.82) is 0 Å².